The van der Waals surface area contributed by atoms with Gasteiger partial charge >= 0.3 is 0 Å². The van der Waals surface area contributed by atoms with E-state index >= 15 is 0 Å². The molecule has 7 heteroatoms. The summed E-state index contributed by atoms with van der Waals surface area (Å²) in [5, 5.41) is 3.94. The van der Waals surface area contributed by atoms with E-state index in [1.54, 1.807) is 7.11 Å². The molecule has 5 nitrogen and oxygen atoms in total. The van der Waals surface area contributed by atoms with Gasteiger partial charge in [-0.15, -0.1) is 24.0 Å². The second kappa shape index (κ2) is 10.1. The molecule has 2 rings (SSSR count). The third-order valence-electron chi connectivity index (χ3n) is 3.65. The van der Waals surface area contributed by atoms with Gasteiger partial charge in [0.1, 0.15) is 0 Å². The van der Waals surface area contributed by atoms with Crippen LogP contribution in [0.5, 0.6) is 11.5 Å². The van der Waals surface area contributed by atoms with Crippen LogP contribution < -0.4 is 14.8 Å². The van der Waals surface area contributed by atoms with Crippen LogP contribution in [0.2, 0.25) is 5.02 Å². The predicted molar refractivity (Wildman–Crippen MR) is 106 cm³/mol. The van der Waals surface area contributed by atoms with Crippen molar-refractivity contribution in [1.29, 1.82) is 0 Å². The van der Waals surface area contributed by atoms with E-state index in [0.29, 0.717) is 29.7 Å². The lowest BCUT2D eigenvalue weighted by Crippen LogP contribution is -2.39. The Morgan fingerprint density at radius 2 is 2.04 bits per heavy atom. The van der Waals surface area contributed by atoms with Gasteiger partial charge in [-0.3, -0.25) is 4.99 Å². The van der Waals surface area contributed by atoms with Crippen molar-refractivity contribution in [1.82, 2.24) is 10.2 Å². The standard InChI is InChI=1S/C16H24ClN3O2.HI/c1-4-22-15-13(17)9-12(10-14(15)21-3)11-19-16(18-2)20-7-5-6-8-20;/h9-10H,4-8,11H2,1-3H3,(H,18,19);1H. The molecule has 0 amide bonds. The number of aliphatic imine (C=N–C) groups is 1. The summed E-state index contributed by atoms with van der Waals surface area (Å²) in [6.07, 6.45) is 2.45. The van der Waals surface area contributed by atoms with E-state index in [1.807, 2.05) is 26.1 Å². The third-order valence-corrected chi connectivity index (χ3v) is 3.93. The molecule has 1 aromatic rings. The lowest BCUT2D eigenvalue weighted by Gasteiger charge is -2.21. The maximum atomic E-state index is 6.29. The number of halogens is 2. The first kappa shape index (κ1) is 20.2. The number of ether oxygens (including phenoxy) is 2. The Balaban J connectivity index is 0.00000264. The van der Waals surface area contributed by atoms with E-state index in [0.717, 1.165) is 24.6 Å². The summed E-state index contributed by atoms with van der Waals surface area (Å²) in [6.45, 7) is 5.24. The van der Waals surface area contributed by atoms with Gasteiger partial charge in [0.2, 0.25) is 0 Å². The van der Waals surface area contributed by atoms with Crippen LogP contribution in [0, 0.1) is 0 Å². The Morgan fingerprint density at radius 3 is 2.61 bits per heavy atom. The van der Waals surface area contributed by atoms with Gasteiger partial charge < -0.3 is 19.7 Å². The summed E-state index contributed by atoms with van der Waals surface area (Å²) in [4.78, 5) is 6.61. The molecule has 0 saturated carbocycles. The largest absolute Gasteiger partial charge is 0.493 e. The molecule has 1 saturated heterocycles. The van der Waals surface area contributed by atoms with Crippen LogP contribution in [0.3, 0.4) is 0 Å². The van der Waals surface area contributed by atoms with Crippen molar-refractivity contribution < 1.29 is 9.47 Å². The van der Waals surface area contributed by atoms with Crippen LogP contribution in [-0.4, -0.2) is 44.7 Å². The molecular weight excluding hydrogens is 429 g/mol. The second-order valence-corrected chi connectivity index (χ2v) is 5.54. The molecule has 1 N–H and O–H groups in total. The molecule has 0 unspecified atom stereocenters. The highest BCUT2D eigenvalue weighted by molar-refractivity contribution is 14.0. The third kappa shape index (κ3) is 5.31. The number of hydrogen-bond acceptors (Lipinski definition) is 3. The fraction of sp³-hybridized carbons (Fsp3) is 0.562. The lowest BCUT2D eigenvalue weighted by atomic mass is 10.2. The van der Waals surface area contributed by atoms with Crippen molar-refractivity contribution in [3.05, 3.63) is 22.7 Å². The Hall–Kier alpha value is -0.890. The fourth-order valence-electron chi connectivity index (χ4n) is 2.60. The van der Waals surface area contributed by atoms with Gasteiger partial charge in [0.25, 0.3) is 0 Å². The first-order valence-corrected chi connectivity index (χ1v) is 8.02. The fourth-order valence-corrected chi connectivity index (χ4v) is 2.89. The first-order valence-electron chi connectivity index (χ1n) is 7.64. The first-order chi connectivity index (χ1) is 10.7. The summed E-state index contributed by atoms with van der Waals surface area (Å²) in [5.74, 6) is 2.18. The number of nitrogens with zero attached hydrogens (tertiary/aromatic N) is 2. The molecule has 1 aliphatic heterocycles. The minimum atomic E-state index is 0. The smallest absolute Gasteiger partial charge is 0.193 e. The normalized spacial score (nSPS) is 14.4. The average molecular weight is 454 g/mol. The maximum absolute atomic E-state index is 6.29. The molecule has 1 aromatic carbocycles. The van der Waals surface area contributed by atoms with Crippen LogP contribution in [0.1, 0.15) is 25.3 Å². The van der Waals surface area contributed by atoms with E-state index in [2.05, 4.69) is 15.2 Å². The lowest BCUT2D eigenvalue weighted by molar-refractivity contribution is 0.311. The molecule has 0 aromatic heterocycles. The van der Waals surface area contributed by atoms with Crippen LogP contribution in [0.25, 0.3) is 0 Å². The van der Waals surface area contributed by atoms with Crippen molar-refractivity contribution in [2.24, 2.45) is 4.99 Å². The highest BCUT2D eigenvalue weighted by Gasteiger charge is 2.16. The van der Waals surface area contributed by atoms with Crippen LogP contribution in [0.15, 0.2) is 17.1 Å². The van der Waals surface area contributed by atoms with Gasteiger partial charge in [0.15, 0.2) is 17.5 Å². The molecule has 1 fully saturated rings. The van der Waals surface area contributed by atoms with Gasteiger partial charge in [-0.05, 0) is 37.5 Å². The van der Waals surface area contributed by atoms with Crippen molar-refractivity contribution in [2.75, 3.05) is 33.9 Å². The van der Waals surface area contributed by atoms with Gasteiger partial charge in [0, 0.05) is 26.7 Å². The van der Waals surface area contributed by atoms with Crippen LogP contribution in [0.4, 0.5) is 0 Å². The molecule has 0 atom stereocenters. The molecule has 0 spiro atoms. The molecule has 1 aliphatic rings. The number of likely N-dealkylation sites (tertiary alicyclic amines) is 1. The number of guanidine groups is 1. The zero-order chi connectivity index (χ0) is 15.9. The molecule has 0 aliphatic carbocycles. The number of hydrogen-bond donors (Lipinski definition) is 1. The van der Waals surface area contributed by atoms with E-state index in [4.69, 9.17) is 21.1 Å². The molecule has 130 valence electrons. The minimum absolute atomic E-state index is 0. The van der Waals surface area contributed by atoms with E-state index in [-0.39, 0.29) is 24.0 Å². The number of benzene rings is 1. The Labute approximate surface area is 160 Å². The predicted octanol–water partition coefficient (Wildman–Crippen LogP) is 3.54. The van der Waals surface area contributed by atoms with E-state index in [9.17, 15) is 0 Å². The Morgan fingerprint density at radius 1 is 1.35 bits per heavy atom. The summed E-state index contributed by atoms with van der Waals surface area (Å²) < 4.78 is 10.9. The van der Waals surface area contributed by atoms with Crippen molar-refractivity contribution in [3.8, 4) is 11.5 Å². The highest BCUT2D eigenvalue weighted by Crippen LogP contribution is 2.36. The molecule has 1 heterocycles. The van der Waals surface area contributed by atoms with Crippen molar-refractivity contribution in [3.63, 3.8) is 0 Å². The quantitative estimate of drug-likeness (QED) is 0.421. The summed E-state index contributed by atoms with van der Waals surface area (Å²) in [6, 6.07) is 3.85. The van der Waals surface area contributed by atoms with Gasteiger partial charge in [0.05, 0.1) is 18.7 Å². The summed E-state index contributed by atoms with van der Waals surface area (Å²) in [5.41, 5.74) is 1.03. The van der Waals surface area contributed by atoms with E-state index < -0.39 is 0 Å². The molecular formula is C16H25ClIN3O2. The van der Waals surface area contributed by atoms with Crippen molar-refractivity contribution in [2.45, 2.75) is 26.3 Å². The topological polar surface area (TPSA) is 46.1 Å². The Bertz CT molecular complexity index is 534. The maximum Gasteiger partial charge on any atom is 0.193 e. The molecule has 23 heavy (non-hydrogen) atoms. The Kier molecular flexibility index (Phi) is 8.83. The zero-order valence-electron chi connectivity index (χ0n) is 13.9. The van der Waals surface area contributed by atoms with Gasteiger partial charge in [-0.2, -0.15) is 0 Å². The van der Waals surface area contributed by atoms with Crippen LogP contribution in [-0.2, 0) is 6.54 Å². The molecule has 0 radical (unpaired) electrons. The average Bonchev–Trinajstić information content (AvgIpc) is 3.04. The number of nitrogens with one attached hydrogen (secondary N) is 1. The zero-order valence-corrected chi connectivity index (χ0v) is 17.0. The summed E-state index contributed by atoms with van der Waals surface area (Å²) >= 11 is 6.29. The van der Waals surface area contributed by atoms with Crippen molar-refractivity contribution >= 4 is 41.5 Å². The van der Waals surface area contributed by atoms with Gasteiger partial charge in [-0.1, -0.05) is 11.6 Å². The van der Waals surface area contributed by atoms with Gasteiger partial charge in [-0.25, -0.2) is 0 Å². The number of methoxy groups -OCH3 is 1. The minimum Gasteiger partial charge on any atom is -0.493 e. The number of rotatable bonds is 5. The molecule has 0 bridgehead atoms. The highest BCUT2D eigenvalue weighted by atomic mass is 127. The summed E-state index contributed by atoms with van der Waals surface area (Å²) in [7, 11) is 3.43. The SMILES string of the molecule is CCOc1c(Cl)cc(CNC(=NC)N2CCCC2)cc1OC.I. The van der Waals surface area contributed by atoms with E-state index in [1.165, 1.54) is 12.8 Å². The monoisotopic (exact) mass is 453 g/mol. The van der Waals surface area contributed by atoms with Crippen LogP contribution >= 0.6 is 35.6 Å². The second-order valence-electron chi connectivity index (χ2n) is 5.14.